The number of sulfone groups is 1. The van der Waals surface area contributed by atoms with Crippen molar-refractivity contribution in [2.45, 2.75) is 23.6 Å². The summed E-state index contributed by atoms with van der Waals surface area (Å²) in [5.74, 6) is 1.58. The van der Waals surface area contributed by atoms with Crippen molar-refractivity contribution < 1.29 is 22.6 Å². The Kier molecular flexibility index (Phi) is 9.57. The average molecular weight is 496 g/mol. The van der Waals surface area contributed by atoms with Crippen molar-refractivity contribution in [2.75, 3.05) is 32.8 Å². The Morgan fingerprint density at radius 3 is 1.70 bits per heavy atom. The molecule has 0 saturated heterocycles. The molecule has 0 spiro atoms. The molecule has 30 heavy (non-hydrogen) atoms. The van der Waals surface area contributed by atoms with E-state index >= 15 is 0 Å². The van der Waals surface area contributed by atoms with Crippen LogP contribution < -0.4 is 9.47 Å². The summed E-state index contributed by atoms with van der Waals surface area (Å²) in [6.07, 6.45) is 0. The van der Waals surface area contributed by atoms with Crippen molar-refractivity contribution in [2.24, 2.45) is 11.8 Å². The molecule has 0 aromatic heterocycles. The highest BCUT2D eigenvalue weighted by Crippen LogP contribution is 2.33. The number of hydrogen-bond donors (Lipinski definition) is 0. The average Bonchev–Trinajstić information content (AvgIpc) is 2.71. The van der Waals surface area contributed by atoms with Gasteiger partial charge in [-0.25, -0.2) is 8.42 Å². The van der Waals surface area contributed by atoms with Crippen molar-refractivity contribution in [1.82, 2.24) is 0 Å². The van der Waals surface area contributed by atoms with E-state index in [0.717, 1.165) is 0 Å². The molecule has 0 bridgehead atoms. The van der Waals surface area contributed by atoms with Gasteiger partial charge in [0, 0.05) is 24.8 Å². The zero-order valence-electron chi connectivity index (χ0n) is 17.0. The maximum Gasteiger partial charge on any atom is 0.206 e. The summed E-state index contributed by atoms with van der Waals surface area (Å²) < 4.78 is 42.3. The predicted molar refractivity (Wildman–Crippen MR) is 120 cm³/mol. The van der Waals surface area contributed by atoms with Crippen LogP contribution in [0.5, 0.6) is 11.5 Å². The third kappa shape index (κ3) is 6.66. The minimum Gasteiger partial charge on any atom is -0.492 e. The SMILES string of the molecule is COC[C@@H](C)COc1ccc(S(=O)(=O)c2ccc(OC[C@@H](C)CCl)c(Cl)c2)cc1Cl. The first-order chi connectivity index (χ1) is 14.2. The minimum absolute atomic E-state index is 0.0451. The standard InChI is InChI=1S/C21H25Cl3O5S/c1-14(10-22)12-28-20-6-4-16(8-18(20)23)30(25,26)17-5-7-21(19(24)9-17)29-13-15(2)11-27-3/h4-9,14-15H,10-13H2,1-3H3/t14-,15+/m0/s1. The quantitative estimate of drug-likeness (QED) is 0.372. The second-order valence-electron chi connectivity index (χ2n) is 7.13. The van der Waals surface area contributed by atoms with Gasteiger partial charge in [-0.3, -0.25) is 0 Å². The van der Waals surface area contributed by atoms with E-state index in [0.29, 0.717) is 37.2 Å². The smallest absolute Gasteiger partial charge is 0.206 e. The van der Waals surface area contributed by atoms with E-state index in [1.807, 2.05) is 13.8 Å². The van der Waals surface area contributed by atoms with Crippen LogP contribution in [0.1, 0.15) is 13.8 Å². The molecule has 0 saturated carbocycles. The molecule has 2 aromatic carbocycles. The van der Waals surface area contributed by atoms with E-state index in [4.69, 9.17) is 49.0 Å². The Hall–Kier alpha value is -1.18. The van der Waals surface area contributed by atoms with Crippen LogP contribution in [0.2, 0.25) is 10.0 Å². The van der Waals surface area contributed by atoms with Crippen LogP contribution in [-0.2, 0) is 14.6 Å². The molecule has 5 nitrogen and oxygen atoms in total. The first-order valence-corrected chi connectivity index (χ1v) is 12.1. The van der Waals surface area contributed by atoms with Crippen LogP contribution in [0.3, 0.4) is 0 Å². The molecule has 2 aromatic rings. The number of hydrogen-bond acceptors (Lipinski definition) is 5. The van der Waals surface area contributed by atoms with Gasteiger partial charge in [0.05, 0.1) is 39.7 Å². The lowest BCUT2D eigenvalue weighted by molar-refractivity contribution is 0.127. The van der Waals surface area contributed by atoms with Crippen LogP contribution in [0.25, 0.3) is 0 Å². The molecule has 0 aliphatic heterocycles. The van der Waals surface area contributed by atoms with Gasteiger partial charge in [0.2, 0.25) is 9.84 Å². The highest BCUT2D eigenvalue weighted by Gasteiger charge is 2.21. The molecule has 2 rings (SSSR count). The lowest BCUT2D eigenvalue weighted by Crippen LogP contribution is -2.14. The van der Waals surface area contributed by atoms with E-state index in [9.17, 15) is 8.42 Å². The molecule has 0 aliphatic rings. The van der Waals surface area contributed by atoms with Crippen molar-refractivity contribution in [3.05, 3.63) is 46.4 Å². The first-order valence-electron chi connectivity index (χ1n) is 9.33. The topological polar surface area (TPSA) is 61.8 Å². The van der Waals surface area contributed by atoms with Crippen LogP contribution in [0.15, 0.2) is 46.2 Å². The van der Waals surface area contributed by atoms with Crippen molar-refractivity contribution >= 4 is 44.6 Å². The molecule has 0 aliphatic carbocycles. The van der Waals surface area contributed by atoms with E-state index < -0.39 is 9.84 Å². The van der Waals surface area contributed by atoms with Gasteiger partial charge in [0.1, 0.15) is 11.5 Å². The summed E-state index contributed by atoms with van der Waals surface area (Å²) in [6.45, 7) is 5.25. The second kappa shape index (κ2) is 11.4. The molecular weight excluding hydrogens is 471 g/mol. The van der Waals surface area contributed by atoms with Gasteiger partial charge in [-0.2, -0.15) is 0 Å². The van der Waals surface area contributed by atoms with E-state index in [1.54, 1.807) is 13.2 Å². The zero-order valence-corrected chi connectivity index (χ0v) is 20.1. The number of alkyl halides is 1. The van der Waals surface area contributed by atoms with Crippen LogP contribution in [0.4, 0.5) is 0 Å². The summed E-state index contributed by atoms with van der Waals surface area (Å²) in [5.41, 5.74) is 0. The van der Waals surface area contributed by atoms with Crippen molar-refractivity contribution in [3.63, 3.8) is 0 Å². The fourth-order valence-electron chi connectivity index (χ4n) is 2.51. The Morgan fingerprint density at radius 2 is 1.30 bits per heavy atom. The lowest BCUT2D eigenvalue weighted by atomic mass is 10.2. The third-order valence-electron chi connectivity index (χ3n) is 4.19. The molecule has 0 unspecified atom stereocenters. The summed E-state index contributed by atoms with van der Waals surface area (Å²) in [6, 6.07) is 8.72. The Bertz CT molecular complexity index is 950. The molecule has 0 fully saturated rings. The fraction of sp³-hybridized carbons (Fsp3) is 0.429. The first kappa shape index (κ1) is 25.1. The van der Waals surface area contributed by atoms with Crippen LogP contribution >= 0.6 is 34.8 Å². The van der Waals surface area contributed by atoms with Crippen LogP contribution in [-0.4, -0.2) is 41.2 Å². The molecule has 166 valence electrons. The van der Waals surface area contributed by atoms with Gasteiger partial charge in [0.15, 0.2) is 0 Å². The summed E-state index contributed by atoms with van der Waals surface area (Å²) in [5, 5.41) is 0.415. The number of methoxy groups -OCH3 is 1. The number of rotatable bonds is 11. The molecule has 0 N–H and O–H groups in total. The lowest BCUT2D eigenvalue weighted by Gasteiger charge is -2.14. The molecule has 2 atom stereocenters. The largest absolute Gasteiger partial charge is 0.492 e. The van der Waals surface area contributed by atoms with Gasteiger partial charge < -0.3 is 14.2 Å². The molecular formula is C21H25Cl3O5S. The second-order valence-corrected chi connectivity index (χ2v) is 10.2. The highest BCUT2D eigenvalue weighted by molar-refractivity contribution is 7.91. The van der Waals surface area contributed by atoms with Gasteiger partial charge >= 0.3 is 0 Å². The number of benzene rings is 2. The summed E-state index contributed by atoms with van der Waals surface area (Å²) in [7, 11) is -2.19. The van der Waals surface area contributed by atoms with Gasteiger partial charge in [-0.05, 0) is 36.4 Å². The van der Waals surface area contributed by atoms with Crippen molar-refractivity contribution in [1.29, 1.82) is 0 Å². The fourth-order valence-corrected chi connectivity index (χ4v) is 4.51. The minimum atomic E-state index is -3.81. The Balaban J connectivity index is 2.18. The van der Waals surface area contributed by atoms with E-state index in [2.05, 4.69) is 0 Å². The van der Waals surface area contributed by atoms with E-state index in [1.165, 1.54) is 30.3 Å². The maximum absolute atomic E-state index is 13.0. The highest BCUT2D eigenvalue weighted by atomic mass is 35.5. The van der Waals surface area contributed by atoms with Crippen LogP contribution in [0, 0.1) is 11.8 Å². The monoisotopic (exact) mass is 494 g/mol. The third-order valence-corrected chi connectivity index (χ3v) is 7.06. The molecule has 0 heterocycles. The maximum atomic E-state index is 13.0. The van der Waals surface area contributed by atoms with Gasteiger partial charge in [-0.1, -0.05) is 37.0 Å². The summed E-state index contributed by atoms with van der Waals surface area (Å²) >= 11 is 18.2. The van der Waals surface area contributed by atoms with Gasteiger partial charge in [0.25, 0.3) is 0 Å². The Morgan fingerprint density at radius 1 is 0.833 bits per heavy atom. The summed E-state index contributed by atoms with van der Waals surface area (Å²) in [4.78, 5) is 0.0916. The zero-order chi connectivity index (χ0) is 22.3. The number of halogens is 3. The van der Waals surface area contributed by atoms with Crippen molar-refractivity contribution in [3.8, 4) is 11.5 Å². The number of ether oxygens (including phenoxy) is 3. The predicted octanol–water partition coefficient (Wildman–Crippen LogP) is 5.74. The normalized spacial score (nSPS) is 13.7. The van der Waals surface area contributed by atoms with E-state index in [-0.39, 0.29) is 31.7 Å². The van der Waals surface area contributed by atoms with Gasteiger partial charge in [-0.15, -0.1) is 11.6 Å². The molecule has 0 amide bonds. The molecule has 0 radical (unpaired) electrons. The Labute approximate surface area is 193 Å². The molecule has 9 heteroatoms.